The number of rotatable bonds is 5. The van der Waals surface area contributed by atoms with Gasteiger partial charge in [-0.2, -0.15) is 13.2 Å². The number of nitrogens with one attached hydrogen (secondary N) is 3. The Bertz CT molecular complexity index is 1030. The van der Waals surface area contributed by atoms with Gasteiger partial charge in [-0.3, -0.25) is 9.69 Å². The molecule has 2 aromatic rings. The number of halogens is 3. The third-order valence-corrected chi connectivity index (χ3v) is 5.43. The van der Waals surface area contributed by atoms with Crippen molar-refractivity contribution < 1.29 is 32.0 Å². The standard InChI is InChI=1S/C19H20F3N5O4/c20-19(21,22)14-25-12-10-11(4-5-13(12)31-14)24-16(29)23-8-3-9-27-15(28)18(26-17(27)30)6-1-2-7-18/h4-5,10H,1-3,6-9H2,(H,26,30)(H2,23,24,29). The van der Waals surface area contributed by atoms with Gasteiger partial charge in [0, 0.05) is 18.8 Å². The fraction of sp³-hybridized carbons (Fsp3) is 0.474. The minimum atomic E-state index is -4.70. The number of nitrogens with zero attached hydrogens (tertiary/aromatic N) is 2. The van der Waals surface area contributed by atoms with Crippen molar-refractivity contribution in [3.63, 3.8) is 0 Å². The molecule has 9 nitrogen and oxygen atoms in total. The van der Waals surface area contributed by atoms with E-state index >= 15 is 0 Å². The van der Waals surface area contributed by atoms with E-state index in [1.54, 1.807) is 0 Å². The number of carbonyl (C=O) groups excluding carboxylic acids is 3. The number of anilines is 1. The molecule has 1 aromatic carbocycles. The van der Waals surface area contributed by atoms with Gasteiger partial charge >= 0.3 is 24.1 Å². The van der Waals surface area contributed by atoms with Gasteiger partial charge in [-0.05, 0) is 37.5 Å². The zero-order valence-corrected chi connectivity index (χ0v) is 16.3. The molecule has 0 atom stereocenters. The minimum Gasteiger partial charge on any atom is -0.433 e. The molecular formula is C19H20F3N5O4. The lowest BCUT2D eigenvalue weighted by molar-refractivity contribution is -0.156. The molecule has 5 amide bonds. The first-order valence-corrected chi connectivity index (χ1v) is 9.85. The maximum absolute atomic E-state index is 12.7. The van der Waals surface area contributed by atoms with Gasteiger partial charge in [-0.15, -0.1) is 0 Å². The highest BCUT2D eigenvalue weighted by atomic mass is 19.4. The lowest BCUT2D eigenvalue weighted by Gasteiger charge is -2.20. The summed E-state index contributed by atoms with van der Waals surface area (Å²) in [5.41, 5.74) is -0.603. The number of aromatic nitrogens is 1. The van der Waals surface area contributed by atoms with Gasteiger partial charge in [0.1, 0.15) is 11.1 Å². The quantitative estimate of drug-likeness (QED) is 0.489. The Morgan fingerprint density at radius 1 is 1.26 bits per heavy atom. The van der Waals surface area contributed by atoms with Crippen LogP contribution >= 0.6 is 0 Å². The molecule has 0 bridgehead atoms. The predicted octanol–water partition coefficient (Wildman–Crippen LogP) is 3.22. The van der Waals surface area contributed by atoms with E-state index in [0.29, 0.717) is 19.3 Å². The molecule has 166 valence electrons. The van der Waals surface area contributed by atoms with E-state index in [-0.39, 0.29) is 35.8 Å². The number of hydrogen-bond donors (Lipinski definition) is 3. The second-order valence-electron chi connectivity index (χ2n) is 7.61. The Morgan fingerprint density at radius 2 is 2.00 bits per heavy atom. The van der Waals surface area contributed by atoms with Crippen molar-refractivity contribution in [2.24, 2.45) is 0 Å². The van der Waals surface area contributed by atoms with Gasteiger partial charge in [0.2, 0.25) is 0 Å². The molecule has 1 spiro atoms. The van der Waals surface area contributed by atoms with E-state index in [1.807, 2.05) is 0 Å². The maximum Gasteiger partial charge on any atom is 0.468 e. The molecule has 4 rings (SSSR count). The predicted molar refractivity (Wildman–Crippen MR) is 102 cm³/mol. The highest BCUT2D eigenvalue weighted by Gasteiger charge is 2.52. The van der Waals surface area contributed by atoms with Gasteiger partial charge in [0.25, 0.3) is 5.91 Å². The van der Waals surface area contributed by atoms with E-state index < -0.39 is 29.7 Å². The van der Waals surface area contributed by atoms with Crippen LogP contribution in [-0.4, -0.2) is 46.5 Å². The fourth-order valence-electron chi connectivity index (χ4n) is 3.94. The largest absolute Gasteiger partial charge is 0.468 e. The Labute approximate surface area is 174 Å². The van der Waals surface area contributed by atoms with Crippen LogP contribution in [0.15, 0.2) is 22.6 Å². The van der Waals surface area contributed by atoms with Crippen LogP contribution < -0.4 is 16.0 Å². The van der Waals surface area contributed by atoms with Gasteiger partial charge in [-0.25, -0.2) is 14.6 Å². The third-order valence-electron chi connectivity index (χ3n) is 5.43. The summed E-state index contributed by atoms with van der Waals surface area (Å²) >= 11 is 0. The van der Waals surface area contributed by atoms with Crippen LogP contribution in [0.25, 0.3) is 11.1 Å². The topological polar surface area (TPSA) is 117 Å². The number of urea groups is 2. The first-order chi connectivity index (χ1) is 14.7. The lowest BCUT2D eigenvalue weighted by atomic mass is 9.98. The van der Waals surface area contributed by atoms with Crippen molar-refractivity contribution in [1.29, 1.82) is 0 Å². The van der Waals surface area contributed by atoms with Crippen molar-refractivity contribution >= 4 is 34.8 Å². The maximum atomic E-state index is 12.7. The Hall–Kier alpha value is -3.31. The third kappa shape index (κ3) is 4.14. The van der Waals surface area contributed by atoms with E-state index in [2.05, 4.69) is 25.4 Å². The van der Waals surface area contributed by atoms with Crippen LogP contribution in [-0.2, 0) is 11.0 Å². The average molecular weight is 439 g/mol. The molecule has 0 unspecified atom stereocenters. The highest BCUT2D eigenvalue weighted by molar-refractivity contribution is 6.07. The van der Waals surface area contributed by atoms with Crippen molar-refractivity contribution in [1.82, 2.24) is 20.5 Å². The number of alkyl halides is 3. The fourth-order valence-corrected chi connectivity index (χ4v) is 3.94. The summed E-state index contributed by atoms with van der Waals surface area (Å²) in [6.45, 7) is 0.373. The van der Waals surface area contributed by atoms with E-state index in [4.69, 9.17) is 0 Å². The molecule has 0 radical (unpaired) electrons. The molecule has 1 aromatic heterocycles. The zero-order valence-electron chi connectivity index (χ0n) is 16.3. The van der Waals surface area contributed by atoms with E-state index in [1.165, 1.54) is 23.1 Å². The minimum absolute atomic E-state index is 0.0375. The normalized spacial score (nSPS) is 18.1. The molecule has 1 saturated carbocycles. The molecule has 1 aliphatic heterocycles. The number of oxazole rings is 1. The Morgan fingerprint density at radius 3 is 2.71 bits per heavy atom. The van der Waals surface area contributed by atoms with Crippen molar-refractivity contribution in [2.75, 3.05) is 18.4 Å². The molecule has 1 saturated heterocycles. The summed E-state index contributed by atoms with van der Waals surface area (Å²) in [4.78, 5) is 41.2. The monoisotopic (exact) mass is 439 g/mol. The molecule has 2 heterocycles. The summed E-state index contributed by atoms with van der Waals surface area (Å²) in [6, 6.07) is 2.95. The van der Waals surface area contributed by atoms with Crippen molar-refractivity contribution in [3.05, 3.63) is 24.1 Å². The Balaban J connectivity index is 1.26. The second kappa shape index (κ2) is 7.75. The van der Waals surface area contributed by atoms with Crippen LogP contribution in [0.1, 0.15) is 38.0 Å². The zero-order chi connectivity index (χ0) is 22.2. The van der Waals surface area contributed by atoms with Crippen LogP contribution in [0.4, 0.5) is 28.4 Å². The first-order valence-electron chi connectivity index (χ1n) is 9.85. The molecule has 2 aliphatic rings. The van der Waals surface area contributed by atoms with E-state index in [0.717, 1.165) is 12.8 Å². The summed E-state index contributed by atoms with van der Waals surface area (Å²) in [5.74, 6) is -1.57. The number of fused-ring (bicyclic) bond motifs is 1. The smallest absolute Gasteiger partial charge is 0.433 e. The van der Waals surface area contributed by atoms with Crippen molar-refractivity contribution in [2.45, 2.75) is 43.8 Å². The second-order valence-corrected chi connectivity index (χ2v) is 7.61. The number of imide groups is 1. The number of benzene rings is 1. The van der Waals surface area contributed by atoms with Gasteiger partial charge in [-0.1, -0.05) is 12.8 Å². The summed E-state index contributed by atoms with van der Waals surface area (Å²) in [6.07, 6.45) is -1.24. The molecular weight excluding hydrogens is 419 g/mol. The molecule has 12 heteroatoms. The highest BCUT2D eigenvalue weighted by Crippen LogP contribution is 2.35. The van der Waals surface area contributed by atoms with E-state index in [9.17, 15) is 27.6 Å². The number of carbonyl (C=O) groups is 3. The summed E-state index contributed by atoms with van der Waals surface area (Å²) < 4.78 is 42.7. The summed E-state index contributed by atoms with van der Waals surface area (Å²) in [5, 5.41) is 7.87. The SMILES string of the molecule is O=C(NCCCN1C(=O)NC2(CCCC2)C1=O)Nc1ccc2oc(C(F)(F)F)nc2c1. The lowest BCUT2D eigenvalue weighted by Crippen LogP contribution is -2.44. The van der Waals surface area contributed by atoms with Crippen LogP contribution in [0.2, 0.25) is 0 Å². The van der Waals surface area contributed by atoms with Crippen LogP contribution in [0.3, 0.4) is 0 Å². The number of amides is 5. The first kappa shape index (κ1) is 20.9. The van der Waals surface area contributed by atoms with Crippen LogP contribution in [0.5, 0.6) is 0 Å². The average Bonchev–Trinajstić information content (AvgIpc) is 3.39. The van der Waals surface area contributed by atoms with Gasteiger partial charge < -0.3 is 20.4 Å². The molecule has 1 aliphatic carbocycles. The molecule has 2 fully saturated rings. The van der Waals surface area contributed by atoms with Gasteiger partial charge in [0.05, 0.1) is 0 Å². The number of hydrogen-bond acceptors (Lipinski definition) is 5. The summed E-state index contributed by atoms with van der Waals surface area (Å²) in [7, 11) is 0. The Kier molecular flexibility index (Phi) is 5.23. The van der Waals surface area contributed by atoms with Crippen molar-refractivity contribution in [3.8, 4) is 0 Å². The van der Waals surface area contributed by atoms with Gasteiger partial charge in [0.15, 0.2) is 5.58 Å². The molecule has 3 N–H and O–H groups in total. The molecule has 31 heavy (non-hydrogen) atoms. The van der Waals surface area contributed by atoms with Crippen LogP contribution in [0, 0.1) is 0 Å².